The van der Waals surface area contributed by atoms with Crippen LogP contribution in [-0.4, -0.2) is 39.7 Å². The molecule has 1 aliphatic carbocycles. The van der Waals surface area contributed by atoms with Crippen molar-refractivity contribution in [3.8, 4) is 17.2 Å². The van der Waals surface area contributed by atoms with E-state index >= 15 is 0 Å². The largest absolute Gasteiger partial charge is 0.493 e. The van der Waals surface area contributed by atoms with Gasteiger partial charge in [-0.25, -0.2) is 4.79 Å². The van der Waals surface area contributed by atoms with Gasteiger partial charge in [0, 0.05) is 28.4 Å². The third-order valence-corrected chi connectivity index (χ3v) is 6.65. The molecular formula is C27H29ClN2O6. The molecule has 2 aromatic carbocycles. The summed E-state index contributed by atoms with van der Waals surface area (Å²) in [5.74, 6) is -0.0208. The van der Waals surface area contributed by atoms with Crippen molar-refractivity contribution in [1.82, 2.24) is 0 Å². The number of carbonyl (C=O) groups is 2. The first kappa shape index (κ1) is 25.4. The highest BCUT2D eigenvalue weighted by Crippen LogP contribution is 2.49. The number of allylic oxidation sites excluding steroid dienone is 2. The first-order chi connectivity index (χ1) is 17.4. The molecule has 0 spiro atoms. The van der Waals surface area contributed by atoms with Crippen LogP contribution in [0.2, 0.25) is 5.02 Å². The lowest BCUT2D eigenvalue weighted by Gasteiger charge is -2.40. The van der Waals surface area contributed by atoms with Crippen molar-refractivity contribution in [3.05, 3.63) is 69.6 Å². The average molecular weight is 513 g/mol. The zero-order chi connectivity index (χ0) is 26.0. The SMILES string of the molecule is CCOC(=O)C1=C(N)N(c2ccc(Cl)cc2)C2=C(C(=O)CCC2)C1c1cc(OC)c(OC)c(OC)c1. The molecule has 2 N–H and O–H groups in total. The quantitative estimate of drug-likeness (QED) is 0.532. The minimum absolute atomic E-state index is 0.0525. The monoisotopic (exact) mass is 512 g/mol. The summed E-state index contributed by atoms with van der Waals surface area (Å²) in [6.45, 7) is 1.87. The molecule has 9 heteroatoms. The fourth-order valence-corrected chi connectivity index (χ4v) is 5.01. The molecule has 1 heterocycles. The summed E-state index contributed by atoms with van der Waals surface area (Å²) in [5, 5.41) is 0.563. The van der Waals surface area contributed by atoms with Crippen LogP contribution in [0.5, 0.6) is 17.2 Å². The highest BCUT2D eigenvalue weighted by molar-refractivity contribution is 6.30. The van der Waals surface area contributed by atoms with Gasteiger partial charge in [0.1, 0.15) is 5.82 Å². The van der Waals surface area contributed by atoms with E-state index in [2.05, 4.69) is 0 Å². The second-order valence-electron chi connectivity index (χ2n) is 8.36. The van der Waals surface area contributed by atoms with E-state index in [1.807, 2.05) is 0 Å². The van der Waals surface area contributed by atoms with Crippen LogP contribution in [0.4, 0.5) is 5.69 Å². The molecule has 1 unspecified atom stereocenters. The van der Waals surface area contributed by atoms with Crippen LogP contribution in [0.1, 0.15) is 37.7 Å². The Morgan fingerprint density at radius 1 is 1.06 bits per heavy atom. The second kappa shape index (κ2) is 10.5. The van der Waals surface area contributed by atoms with Crippen LogP contribution in [0.15, 0.2) is 59.1 Å². The zero-order valence-electron chi connectivity index (χ0n) is 20.7. The van der Waals surface area contributed by atoms with Crippen LogP contribution in [-0.2, 0) is 14.3 Å². The summed E-state index contributed by atoms with van der Waals surface area (Å²) in [5.41, 5.74) is 9.47. The number of hydrogen-bond donors (Lipinski definition) is 1. The summed E-state index contributed by atoms with van der Waals surface area (Å²) in [6.07, 6.45) is 1.65. The van der Waals surface area contributed by atoms with E-state index in [0.29, 0.717) is 58.4 Å². The Morgan fingerprint density at radius 3 is 2.25 bits per heavy atom. The summed E-state index contributed by atoms with van der Waals surface area (Å²) >= 11 is 6.12. The molecule has 0 aromatic heterocycles. The molecule has 1 aliphatic heterocycles. The van der Waals surface area contributed by atoms with Gasteiger partial charge in [-0.15, -0.1) is 0 Å². The Hall–Kier alpha value is -3.65. The highest BCUT2D eigenvalue weighted by atomic mass is 35.5. The zero-order valence-corrected chi connectivity index (χ0v) is 21.5. The molecule has 2 aromatic rings. The normalized spacial score (nSPS) is 17.6. The maximum Gasteiger partial charge on any atom is 0.338 e. The predicted molar refractivity (Wildman–Crippen MR) is 137 cm³/mol. The number of halogens is 1. The number of hydrogen-bond acceptors (Lipinski definition) is 8. The average Bonchev–Trinajstić information content (AvgIpc) is 2.88. The van der Waals surface area contributed by atoms with Gasteiger partial charge in [-0.3, -0.25) is 9.69 Å². The Bertz CT molecular complexity index is 1230. The fourth-order valence-electron chi connectivity index (χ4n) is 4.88. The lowest BCUT2D eigenvalue weighted by molar-refractivity contribution is -0.138. The van der Waals surface area contributed by atoms with Gasteiger partial charge in [-0.2, -0.15) is 0 Å². The van der Waals surface area contributed by atoms with Crippen molar-refractivity contribution in [2.45, 2.75) is 32.1 Å². The van der Waals surface area contributed by atoms with Crippen molar-refractivity contribution >= 4 is 29.0 Å². The fraction of sp³-hybridized carbons (Fsp3) is 0.333. The highest BCUT2D eigenvalue weighted by Gasteiger charge is 2.43. The number of Topliss-reactive ketones (excluding diaryl/α,β-unsaturated/α-hetero) is 1. The molecule has 1 atom stereocenters. The molecule has 4 rings (SSSR count). The Morgan fingerprint density at radius 2 is 1.69 bits per heavy atom. The van der Waals surface area contributed by atoms with Crippen LogP contribution in [0, 0.1) is 0 Å². The minimum Gasteiger partial charge on any atom is -0.493 e. The van der Waals surface area contributed by atoms with Crippen LogP contribution < -0.4 is 24.8 Å². The van der Waals surface area contributed by atoms with Crippen LogP contribution in [0.3, 0.4) is 0 Å². The molecule has 2 aliphatic rings. The first-order valence-corrected chi connectivity index (χ1v) is 12.0. The van der Waals surface area contributed by atoms with E-state index in [-0.39, 0.29) is 23.8 Å². The Labute approximate surface area is 215 Å². The summed E-state index contributed by atoms with van der Waals surface area (Å²) < 4.78 is 22.0. The number of nitrogens with zero attached hydrogens (tertiary/aromatic N) is 1. The Kier molecular flexibility index (Phi) is 7.45. The number of esters is 1. The van der Waals surface area contributed by atoms with Gasteiger partial charge in [0.05, 0.1) is 39.4 Å². The topological polar surface area (TPSA) is 100 Å². The van der Waals surface area contributed by atoms with Gasteiger partial charge in [0.25, 0.3) is 0 Å². The van der Waals surface area contributed by atoms with E-state index in [1.54, 1.807) is 48.2 Å². The van der Waals surface area contributed by atoms with E-state index in [9.17, 15) is 9.59 Å². The van der Waals surface area contributed by atoms with Gasteiger partial charge in [0.2, 0.25) is 5.75 Å². The van der Waals surface area contributed by atoms with Gasteiger partial charge in [0.15, 0.2) is 17.3 Å². The predicted octanol–water partition coefficient (Wildman–Crippen LogP) is 4.71. The van der Waals surface area contributed by atoms with Gasteiger partial charge < -0.3 is 24.7 Å². The third-order valence-electron chi connectivity index (χ3n) is 6.39. The summed E-state index contributed by atoms with van der Waals surface area (Å²) in [4.78, 5) is 28.7. The smallest absolute Gasteiger partial charge is 0.338 e. The lowest BCUT2D eigenvalue weighted by atomic mass is 9.75. The van der Waals surface area contributed by atoms with E-state index < -0.39 is 11.9 Å². The molecule has 190 valence electrons. The molecule has 0 fully saturated rings. The van der Waals surface area contributed by atoms with Crippen LogP contribution >= 0.6 is 11.6 Å². The number of anilines is 1. The number of rotatable bonds is 7. The molecule has 0 saturated heterocycles. The number of ether oxygens (including phenoxy) is 4. The van der Waals surface area contributed by atoms with Crippen LogP contribution in [0.25, 0.3) is 0 Å². The molecule has 8 nitrogen and oxygen atoms in total. The molecule has 0 saturated carbocycles. The lowest BCUT2D eigenvalue weighted by Crippen LogP contribution is -2.41. The summed E-state index contributed by atoms with van der Waals surface area (Å²) in [7, 11) is 4.53. The number of nitrogens with two attached hydrogens (primary N) is 1. The van der Waals surface area contributed by atoms with Gasteiger partial charge in [-0.1, -0.05) is 11.6 Å². The van der Waals surface area contributed by atoms with Gasteiger partial charge >= 0.3 is 5.97 Å². The van der Waals surface area contributed by atoms with Gasteiger partial charge in [-0.05, 0) is 61.7 Å². The molecule has 0 bridgehead atoms. The molecule has 36 heavy (non-hydrogen) atoms. The van der Waals surface area contributed by atoms with E-state index in [1.165, 1.54) is 21.3 Å². The Balaban J connectivity index is 2.03. The standard InChI is InChI=1S/C27H29ClN2O6/c1-5-36-27(32)24-22(15-13-20(33-2)25(35-4)21(14-15)34-3)23-18(7-6-8-19(23)31)30(26(24)29)17-11-9-16(28)10-12-17/h9-14,22H,5-8,29H2,1-4H3. The number of ketones is 1. The van der Waals surface area contributed by atoms with Crippen molar-refractivity contribution in [2.75, 3.05) is 32.8 Å². The van der Waals surface area contributed by atoms with E-state index in [4.69, 9.17) is 36.3 Å². The van der Waals surface area contributed by atoms with Crippen molar-refractivity contribution in [3.63, 3.8) is 0 Å². The van der Waals surface area contributed by atoms with Crippen molar-refractivity contribution in [2.24, 2.45) is 5.73 Å². The second-order valence-corrected chi connectivity index (χ2v) is 8.80. The maximum atomic E-state index is 13.5. The molecule has 0 amide bonds. The first-order valence-electron chi connectivity index (χ1n) is 11.6. The minimum atomic E-state index is -0.774. The van der Waals surface area contributed by atoms with Crippen molar-refractivity contribution in [1.29, 1.82) is 0 Å². The third kappa shape index (κ3) is 4.37. The summed E-state index contributed by atoms with van der Waals surface area (Å²) in [6, 6.07) is 10.6. The van der Waals surface area contributed by atoms with E-state index in [0.717, 1.165) is 5.70 Å². The number of methoxy groups -OCH3 is 3. The molecule has 0 radical (unpaired) electrons. The number of benzene rings is 2. The van der Waals surface area contributed by atoms with Crippen molar-refractivity contribution < 1.29 is 28.5 Å². The maximum absolute atomic E-state index is 13.5. The number of carbonyl (C=O) groups excluding carboxylic acids is 2. The molecular weight excluding hydrogens is 484 g/mol.